The average molecular weight is 668 g/mol. The molecule has 0 atom stereocenters. The molecular weight excluding hydrogens is 642 g/mol. The van der Waals surface area contributed by atoms with Gasteiger partial charge in [0.15, 0.2) is 0 Å². The second kappa shape index (κ2) is 21.0. The second-order valence-electron chi connectivity index (χ2n) is 7.97. The summed E-state index contributed by atoms with van der Waals surface area (Å²) in [7, 11) is 0. The molecule has 14 nitrogen and oxygen atoms in total. The van der Waals surface area contributed by atoms with Crippen molar-refractivity contribution in [2.45, 2.75) is 13.8 Å². The Hall–Kier alpha value is -5.82. The molecule has 0 aliphatic rings. The van der Waals surface area contributed by atoms with E-state index in [9.17, 15) is 39.0 Å². The first-order chi connectivity index (χ1) is 20.8. The number of pyridine rings is 2. The molecule has 0 unspecified atom stereocenters. The van der Waals surface area contributed by atoms with Crippen LogP contribution in [0.25, 0.3) is 0 Å². The summed E-state index contributed by atoms with van der Waals surface area (Å²) in [5, 5.41) is 21.0. The van der Waals surface area contributed by atoms with Gasteiger partial charge in [-0.05, 0) is 48.5 Å². The maximum Gasteiger partial charge on any atom is 2.00 e. The van der Waals surface area contributed by atoms with E-state index in [0.29, 0.717) is 11.1 Å². The van der Waals surface area contributed by atoms with Crippen molar-refractivity contribution >= 4 is 35.7 Å². The maximum atomic E-state index is 10.6. The molecule has 2 aromatic heterocycles. The number of aromatic carboxylic acids is 2. The minimum atomic E-state index is -1.36. The third kappa shape index (κ3) is 15.8. The fraction of sp³-hybridized carbons (Fsp3) is 0.0667. The predicted molar refractivity (Wildman–Crippen MR) is 150 cm³/mol. The fourth-order valence-electron chi connectivity index (χ4n) is 2.78. The summed E-state index contributed by atoms with van der Waals surface area (Å²) in [4.78, 5) is 70.3. The Balaban J connectivity index is 0.000000577. The summed E-state index contributed by atoms with van der Waals surface area (Å²) in [6.45, 7) is 2.40. The molecule has 4 aromatic rings. The van der Waals surface area contributed by atoms with Crippen LogP contribution in [0.2, 0.25) is 0 Å². The number of nitrogens with zero attached hydrogens (tertiary/aromatic N) is 2. The van der Waals surface area contributed by atoms with Crippen LogP contribution in [0.15, 0.2) is 97.6 Å². The Morgan fingerprint density at radius 2 is 0.911 bits per heavy atom. The number of esters is 2. The summed E-state index contributed by atoms with van der Waals surface area (Å²) in [6.07, 6.45) is 6.05. The molecule has 0 aliphatic heterocycles. The van der Waals surface area contributed by atoms with Crippen molar-refractivity contribution in [2.24, 2.45) is 11.5 Å². The van der Waals surface area contributed by atoms with Crippen molar-refractivity contribution in [3.63, 3.8) is 0 Å². The van der Waals surface area contributed by atoms with Crippen LogP contribution < -0.4 is 31.2 Å². The first kappa shape index (κ1) is 39.2. The molecule has 0 bridgehead atoms. The predicted octanol–water partition coefficient (Wildman–Crippen LogP) is 0.309. The van der Waals surface area contributed by atoms with E-state index in [1.165, 1.54) is 62.6 Å². The number of nitrogens with two attached hydrogens (primary N) is 2. The van der Waals surface area contributed by atoms with Gasteiger partial charge in [0.05, 0.1) is 23.1 Å². The number of carboxylic acids is 2. The van der Waals surface area contributed by atoms with E-state index in [4.69, 9.17) is 11.5 Å². The Morgan fingerprint density at radius 3 is 1.13 bits per heavy atom. The Kier molecular flexibility index (Phi) is 18.3. The normalized spacial score (nSPS) is 8.93. The van der Waals surface area contributed by atoms with Gasteiger partial charge in [-0.15, -0.1) is 0 Å². The van der Waals surface area contributed by atoms with Crippen molar-refractivity contribution in [3.05, 3.63) is 120 Å². The number of para-hydroxylation sites is 2. The van der Waals surface area contributed by atoms with E-state index in [1.54, 1.807) is 48.8 Å². The Morgan fingerprint density at radius 1 is 0.578 bits per heavy atom. The van der Waals surface area contributed by atoms with Gasteiger partial charge in [0.25, 0.3) is 0 Å². The number of aromatic nitrogens is 2. The summed E-state index contributed by atoms with van der Waals surface area (Å²) in [5.74, 6) is -4.72. The molecule has 4 N–H and O–H groups in total. The zero-order valence-corrected chi connectivity index (χ0v) is 27.0. The number of carbonyl (C=O) groups excluding carboxylic acids is 6. The molecule has 15 heteroatoms. The summed E-state index contributed by atoms with van der Waals surface area (Å²) >= 11 is 0. The zero-order valence-electron chi connectivity index (χ0n) is 24.1. The second-order valence-corrected chi connectivity index (χ2v) is 7.97. The third-order valence-electron chi connectivity index (χ3n) is 4.61. The number of hydrogen-bond donors (Lipinski definition) is 2. The molecular formula is C30H26N4O10Zn. The molecule has 0 saturated heterocycles. The van der Waals surface area contributed by atoms with Gasteiger partial charge in [-0.1, -0.05) is 24.3 Å². The average Bonchev–Trinajstić information content (AvgIpc) is 2.99. The number of benzene rings is 2. The molecule has 0 fully saturated rings. The van der Waals surface area contributed by atoms with E-state index >= 15 is 0 Å². The molecule has 2 amide bonds. The van der Waals surface area contributed by atoms with Gasteiger partial charge in [0.1, 0.15) is 11.5 Å². The Labute approximate surface area is 269 Å². The van der Waals surface area contributed by atoms with Crippen LogP contribution >= 0.6 is 0 Å². The minimum Gasteiger partial charge on any atom is -0.545 e. The van der Waals surface area contributed by atoms with Gasteiger partial charge in [-0.3, -0.25) is 29.1 Å². The van der Waals surface area contributed by atoms with Crippen LogP contribution in [-0.4, -0.2) is 45.7 Å². The van der Waals surface area contributed by atoms with E-state index in [-0.39, 0.29) is 42.1 Å². The van der Waals surface area contributed by atoms with Crippen LogP contribution in [0, 0.1) is 0 Å². The van der Waals surface area contributed by atoms with Crippen molar-refractivity contribution in [2.75, 3.05) is 0 Å². The van der Waals surface area contributed by atoms with Crippen molar-refractivity contribution in [1.82, 2.24) is 9.97 Å². The summed E-state index contributed by atoms with van der Waals surface area (Å²) in [5.41, 5.74) is 10.5. The molecule has 45 heavy (non-hydrogen) atoms. The third-order valence-corrected chi connectivity index (χ3v) is 4.61. The first-order valence-corrected chi connectivity index (χ1v) is 12.2. The minimum absolute atomic E-state index is 0. The van der Waals surface area contributed by atoms with Crippen LogP contribution in [0.1, 0.15) is 55.3 Å². The molecule has 4 rings (SSSR count). The fourth-order valence-corrected chi connectivity index (χ4v) is 2.78. The van der Waals surface area contributed by atoms with E-state index in [1.807, 2.05) is 0 Å². The van der Waals surface area contributed by atoms with Crippen LogP contribution in [0.5, 0.6) is 11.5 Å². The quantitative estimate of drug-likeness (QED) is 0.160. The first-order valence-electron chi connectivity index (χ1n) is 12.2. The van der Waals surface area contributed by atoms with Gasteiger partial charge < -0.3 is 40.7 Å². The van der Waals surface area contributed by atoms with Crippen LogP contribution in [0.4, 0.5) is 0 Å². The number of amides is 2. The van der Waals surface area contributed by atoms with Gasteiger partial charge in [0.2, 0.25) is 11.8 Å². The molecule has 2 aromatic carbocycles. The molecule has 0 spiro atoms. The van der Waals surface area contributed by atoms with E-state index in [0.717, 1.165) is 0 Å². The largest absolute Gasteiger partial charge is 2.00 e. The number of carbonyl (C=O) groups is 6. The van der Waals surface area contributed by atoms with Crippen molar-refractivity contribution in [1.29, 1.82) is 0 Å². The van der Waals surface area contributed by atoms with Crippen LogP contribution in [0.3, 0.4) is 0 Å². The zero-order chi connectivity index (χ0) is 33.1. The SMILES string of the molecule is CC(=O)Oc1ccccc1C(=O)[O-].CC(=O)Oc1ccccc1C(=O)[O-].NC(=O)c1cccnc1.NC(=O)c1cccnc1.[Zn+2]. The smallest absolute Gasteiger partial charge is 0.545 e. The topological polar surface area (TPSA) is 245 Å². The Bertz CT molecular complexity index is 1470. The number of primary amides is 2. The van der Waals surface area contributed by atoms with Crippen molar-refractivity contribution < 1.29 is 67.9 Å². The van der Waals surface area contributed by atoms with Gasteiger partial charge in [-0.2, -0.15) is 0 Å². The van der Waals surface area contributed by atoms with E-state index in [2.05, 4.69) is 19.4 Å². The van der Waals surface area contributed by atoms with Gasteiger partial charge in [0, 0.05) is 49.8 Å². The maximum absolute atomic E-state index is 10.6. The van der Waals surface area contributed by atoms with Gasteiger partial charge >= 0.3 is 31.4 Å². The van der Waals surface area contributed by atoms with Crippen LogP contribution in [-0.2, 0) is 29.1 Å². The standard InChI is InChI=1S/2C9H8O4.2C6H6N2O.Zn/c2*1-6(10)13-8-5-3-2-4-7(8)9(11)12;2*7-6(9)5-2-1-3-8-4-5;/h2*2-5H,1H3,(H,11,12);2*1-4H,(H2,7,9);/q;;;;+2/p-2. The summed E-state index contributed by atoms with van der Waals surface area (Å²) < 4.78 is 9.29. The van der Waals surface area contributed by atoms with Crippen molar-refractivity contribution in [3.8, 4) is 11.5 Å². The number of carboxylic acid groups (broad SMARTS) is 2. The number of hydrogen-bond acceptors (Lipinski definition) is 12. The van der Waals surface area contributed by atoms with Gasteiger partial charge in [-0.25, -0.2) is 0 Å². The number of ether oxygens (including phenoxy) is 2. The summed E-state index contributed by atoms with van der Waals surface area (Å²) in [6, 6.07) is 18.2. The molecule has 0 radical (unpaired) electrons. The molecule has 228 valence electrons. The van der Waals surface area contributed by atoms with E-state index < -0.39 is 35.7 Å². The molecule has 0 saturated carbocycles. The monoisotopic (exact) mass is 666 g/mol. The number of rotatable bonds is 6. The molecule has 0 aliphatic carbocycles. The molecule has 2 heterocycles.